The van der Waals surface area contributed by atoms with E-state index in [2.05, 4.69) is 4.98 Å². The summed E-state index contributed by atoms with van der Waals surface area (Å²) in [6, 6.07) is 3.86. The van der Waals surface area contributed by atoms with Gasteiger partial charge in [-0.05, 0) is 25.5 Å². The highest BCUT2D eigenvalue weighted by Crippen LogP contribution is 2.23. The predicted octanol–water partition coefficient (Wildman–Crippen LogP) is 2.32. The van der Waals surface area contributed by atoms with Crippen molar-refractivity contribution in [1.82, 2.24) is 9.38 Å². The smallest absolute Gasteiger partial charge is 0.155 e. The molecule has 0 aliphatic heterocycles. The summed E-state index contributed by atoms with van der Waals surface area (Å²) in [4.78, 5) is 4.25. The number of pyridine rings is 1. The van der Waals surface area contributed by atoms with Crippen LogP contribution in [0.1, 0.15) is 24.4 Å². The molecular weight excluding hydrogens is 198 g/mol. The van der Waals surface area contributed by atoms with Gasteiger partial charge in [-0.2, -0.15) is 0 Å². The van der Waals surface area contributed by atoms with Gasteiger partial charge >= 0.3 is 0 Å². The van der Waals surface area contributed by atoms with Gasteiger partial charge in [0.1, 0.15) is 5.82 Å². The van der Waals surface area contributed by atoms with Gasteiger partial charge in [-0.3, -0.25) is 0 Å². The first-order chi connectivity index (χ1) is 6.61. The van der Waals surface area contributed by atoms with E-state index < -0.39 is 0 Å². The van der Waals surface area contributed by atoms with Crippen molar-refractivity contribution in [2.45, 2.75) is 19.9 Å². The molecule has 0 amide bonds. The summed E-state index contributed by atoms with van der Waals surface area (Å²) in [6.45, 7) is 3.90. The van der Waals surface area contributed by atoms with Crippen LogP contribution in [0, 0.1) is 6.92 Å². The Morgan fingerprint density at radius 1 is 1.57 bits per heavy atom. The minimum atomic E-state index is -0.114. The van der Waals surface area contributed by atoms with E-state index in [0.717, 1.165) is 16.9 Å². The molecule has 0 aliphatic carbocycles. The Bertz CT molecular complexity index is 473. The fourth-order valence-corrected chi connectivity index (χ4v) is 1.93. The Kier molecular flexibility index (Phi) is 2.21. The first-order valence-electron chi connectivity index (χ1n) is 4.50. The Morgan fingerprint density at radius 3 is 2.93 bits per heavy atom. The molecule has 1 unspecified atom stereocenters. The zero-order chi connectivity index (χ0) is 10.3. The van der Waals surface area contributed by atoms with Crippen molar-refractivity contribution in [3.63, 3.8) is 0 Å². The monoisotopic (exact) mass is 209 g/mol. The lowest BCUT2D eigenvalue weighted by molar-refractivity contribution is 0.735. The van der Waals surface area contributed by atoms with Crippen molar-refractivity contribution >= 4 is 17.1 Å². The second-order valence-corrected chi connectivity index (χ2v) is 3.82. The first kappa shape index (κ1) is 9.49. The van der Waals surface area contributed by atoms with E-state index in [1.165, 1.54) is 0 Å². The van der Waals surface area contributed by atoms with Crippen LogP contribution in [0.4, 0.5) is 0 Å². The van der Waals surface area contributed by atoms with E-state index in [-0.39, 0.29) is 6.04 Å². The molecule has 3 nitrogen and oxygen atoms in total. The third kappa shape index (κ3) is 1.29. The maximum atomic E-state index is 6.04. The van der Waals surface area contributed by atoms with Gasteiger partial charge in [0.25, 0.3) is 0 Å². The highest BCUT2D eigenvalue weighted by atomic mass is 35.5. The molecule has 1 atom stereocenters. The average molecular weight is 210 g/mol. The van der Waals surface area contributed by atoms with Crippen molar-refractivity contribution in [2.75, 3.05) is 0 Å². The number of hydrogen-bond acceptors (Lipinski definition) is 2. The second kappa shape index (κ2) is 3.26. The molecule has 14 heavy (non-hydrogen) atoms. The topological polar surface area (TPSA) is 43.3 Å². The van der Waals surface area contributed by atoms with Crippen LogP contribution >= 0.6 is 11.6 Å². The number of fused-ring (bicyclic) bond motifs is 1. The van der Waals surface area contributed by atoms with Gasteiger partial charge in [-0.1, -0.05) is 17.7 Å². The molecule has 2 rings (SSSR count). The van der Waals surface area contributed by atoms with Gasteiger partial charge in [0.2, 0.25) is 0 Å². The van der Waals surface area contributed by atoms with Gasteiger partial charge in [0.05, 0.1) is 11.6 Å². The summed E-state index contributed by atoms with van der Waals surface area (Å²) < 4.78 is 1.95. The lowest BCUT2D eigenvalue weighted by Gasteiger charge is -2.04. The van der Waals surface area contributed by atoms with Gasteiger partial charge in [-0.15, -0.1) is 0 Å². The molecule has 0 aliphatic rings. The zero-order valence-corrected chi connectivity index (χ0v) is 8.92. The normalized spacial score (nSPS) is 13.4. The number of aromatic nitrogens is 2. The van der Waals surface area contributed by atoms with Crippen molar-refractivity contribution in [1.29, 1.82) is 0 Å². The summed E-state index contributed by atoms with van der Waals surface area (Å²) >= 11 is 6.04. The maximum absolute atomic E-state index is 6.04. The van der Waals surface area contributed by atoms with E-state index >= 15 is 0 Å². The molecule has 0 saturated heterocycles. The van der Waals surface area contributed by atoms with Crippen LogP contribution in [0.15, 0.2) is 18.3 Å². The van der Waals surface area contributed by atoms with E-state index in [4.69, 9.17) is 17.3 Å². The van der Waals surface area contributed by atoms with Crippen LogP contribution in [0.2, 0.25) is 5.15 Å². The third-order valence-electron chi connectivity index (χ3n) is 2.26. The number of nitrogens with two attached hydrogens (primary N) is 1. The van der Waals surface area contributed by atoms with E-state index in [1.807, 2.05) is 36.6 Å². The van der Waals surface area contributed by atoms with E-state index in [1.54, 1.807) is 0 Å². The summed E-state index contributed by atoms with van der Waals surface area (Å²) in [7, 11) is 0. The molecule has 74 valence electrons. The highest BCUT2D eigenvalue weighted by Gasteiger charge is 2.13. The number of rotatable bonds is 1. The quantitative estimate of drug-likeness (QED) is 0.784. The lowest BCUT2D eigenvalue weighted by atomic mass is 10.2. The SMILES string of the molecule is Cc1cccn2c(C(C)N)nc(Cl)c12. The largest absolute Gasteiger partial charge is 0.322 e. The minimum absolute atomic E-state index is 0.114. The van der Waals surface area contributed by atoms with Gasteiger partial charge in [0, 0.05) is 6.20 Å². The van der Waals surface area contributed by atoms with Crippen molar-refractivity contribution in [3.8, 4) is 0 Å². The van der Waals surface area contributed by atoms with Crippen molar-refractivity contribution in [3.05, 3.63) is 34.9 Å². The molecule has 0 bridgehead atoms. The Balaban J connectivity index is 2.84. The van der Waals surface area contributed by atoms with Crippen LogP contribution in [0.25, 0.3) is 5.52 Å². The molecular formula is C10H12ClN3. The predicted molar refractivity (Wildman–Crippen MR) is 57.5 cm³/mol. The molecule has 0 aromatic carbocycles. The summed E-state index contributed by atoms with van der Waals surface area (Å²) in [5.41, 5.74) is 7.86. The minimum Gasteiger partial charge on any atom is -0.322 e. The van der Waals surface area contributed by atoms with E-state index in [0.29, 0.717) is 5.15 Å². The molecule has 2 N–H and O–H groups in total. The molecule has 0 radical (unpaired) electrons. The summed E-state index contributed by atoms with van der Waals surface area (Å²) in [6.07, 6.45) is 1.93. The van der Waals surface area contributed by atoms with Gasteiger partial charge in [-0.25, -0.2) is 4.98 Å². The van der Waals surface area contributed by atoms with Crippen LogP contribution in [-0.2, 0) is 0 Å². The van der Waals surface area contributed by atoms with Crippen LogP contribution in [0.3, 0.4) is 0 Å². The van der Waals surface area contributed by atoms with E-state index in [9.17, 15) is 0 Å². The van der Waals surface area contributed by atoms with Crippen molar-refractivity contribution < 1.29 is 0 Å². The summed E-state index contributed by atoms with van der Waals surface area (Å²) in [5, 5.41) is 0.524. The molecule has 2 heterocycles. The van der Waals surface area contributed by atoms with Crippen LogP contribution in [-0.4, -0.2) is 9.38 Å². The number of hydrogen-bond donors (Lipinski definition) is 1. The molecule has 0 saturated carbocycles. The van der Waals surface area contributed by atoms with Crippen LogP contribution in [0.5, 0.6) is 0 Å². The van der Waals surface area contributed by atoms with Gasteiger partial charge in [0.15, 0.2) is 5.15 Å². The number of halogens is 1. The number of aryl methyl sites for hydroxylation is 1. The van der Waals surface area contributed by atoms with Crippen molar-refractivity contribution in [2.24, 2.45) is 5.73 Å². The highest BCUT2D eigenvalue weighted by molar-refractivity contribution is 6.32. The fraction of sp³-hybridized carbons (Fsp3) is 0.300. The standard InChI is InChI=1S/C10H12ClN3/c1-6-4-3-5-14-8(6)9(11)13-10(14)7(2)12/h3-5,7H,12H2,1-2H3. The van der Waals surface area contributed by atoms with Gasteiger partial charge < -0.3 is 10.1 Å². The second-order valence-electron chi connectivity index (χ2n) is 3.46. The molecule has 0 spiro atoms. The molecule has 0 fully saturated rings. The number of imidazole rings is 1. The average Bonchev–Trinajstić information content (AvgIpc) is 2.45. The zero-order valence-electron chi connectivity index (χ0n) is 8.16. The fourth-order valence-electron chi connectivity index (χ4n) is 1.60. The maximum Gasteiger partial charge on any atom is 0.155 e. The third-order valence-corrected chi connectivity index (χ3v) is 2.52. The Morgan fingerprint density at radius 2 is 2.29 bits per heavy atom. The lowest BCUT2D eigenvalue weighted by Crippen LogP contribution is -2.09. The number of nitrogens with zero attached hydrogens (tertiary/aromatic N) is 2. The first-order valence-corrected chi connectivity index (χ1v) is 4.87. The summed E-state index contributed by atoms with van der Waals surface area (Å²) in [5.74, 6) is 0.800. The van der Waals surface area contributed by atoms with Crippen LogP contribution < -0.4 is 5.73 Å². The Hall–Kier alpha value is -1.06. The molecule has 2 aromatic heterocycles. The molecule has 4 heteroatoms. The molecule has 2 aromatic rings. The Labute approximate surface area is 87.5 Å².